The predicted molar refractivity (Wildman–Crippen MR) is 231 cm³/mol. The second-order valence-corrected chi connectivity index (χ2v) is 15.4. The Morgan fingerprint density at radius 1 is 0.482 bits per heavy atom. The summed E-state index contributed by atoms with van der Waals surface area (Å²) >= 11 is 0. The van der Waals surface area contributed by atoms with Gasteiger partial charge in [0.15, 0.2) is 0 Å². The van der Waals surface area contributed by atoms with Gasteiger partial charge in [-0.3, -0.25) is 0 Å². The molecule has 262 valence electrons. The summed E-state index contributed by atoms with van der Waals surface area (Å²) in [5, 5.41) is 7.67. The predicted octanol–water partition coefficient (Wildman–Crippen LogP) is 13.3. The third kappa shape index (κ3) is 4.19. The number of hydrogen-bond donors (Lipinski definition) is 0. The number of hydrogen-bond acceptors (Lipinski definition) is 1. The zero-order valence-electron chi connectivity index (χ0n) is 30.7. The summed E-state index contributed by atoms with van der Waals surface area (Å²) < 4.78 is 2.22. The maximum absolute atomic E-state index is 5.18. The molecule has 0 amide bonds. The van der Waals surface area contributed by atoms with Crippen LogP contribution in [0.3, 0.4) is 0 Å². The minimum atomic E-state index is -0.363. The van der Waals surface area contributed by atoms with Crippen molar-refractivity contribution in [3.63, 3.8) is 0 Å². The van der Waals surface area contributed by atoms with Crippen LogP contribution >= 0.6 is 0 Å². The van der Waals surface area contributed by atoms with Crippen LogP contribution in [0.5, 0.6) is 0 Å². The average Bonchev–Trinajstić information content (AvgIpc) is 3.94. The Morgan fingerprint density at radius 2 is 1.04 bits per heavy atom. The highest BCUT2D eigenvalue weighted by Gasteiger charge is 2.52. The quantitative estimate of drug-likeness (QED) is 0.178. The van der Waals surface area contributed by atoms with Crippen LogP contribution in [0.2, 0.25) is 0 Å². The van der Waals surface area contributed by atoms with E-state index in [2.05, 4.69) is 205 Å². The summed E-state index contributed by atoms with van der Waals surface area (Å²) in [6.45, 7) is 0. The van der Waals surface area contributed by atoms with Gasteiger partial charge < -0.3 is 0 Å². The molecule has 1 spiro atoms. The fourth-order valence-corrected chi connectivity index (χ4v) is 10.5. The summed E-state index contributed by atoms with van der Waals surface area (Å²) in [5.74, 6) is 0.123. The largest absolute Gasteiger partial charge is 0.231 e. The second kappa shape index (κ2) is 12.0. The maximum atomic E-state index is 5.18. The van der Waals surface area contributed by atoms with E-state index in [1.807, 2.05) is 0 Å². The SMILES string of the molecule is C1=CC(c2c(-c3ccccc3)n3ncc(-c4ccccc4)c3c3ccccc23)CC(c2cccc3c2-c2ccccc2C32c3ccccc3-c3ccccc32)=C1. The summed E-state index contributed by atoms with van der Waals surface area (Å²) in [4.78, 5) is 0. The molecule has 3 aliphatic rings. The average molecular weight is 713 g/mol. The number of benzene rings is 7. The molecular weight excluding hydrogens is 677 g/mol. The molecule has 0 saturated carbocycles. The van der Waals surface area contributed by atoms with Crippen molar-refractivity contribution in [3.05, 3.63) is 234 Å². The molecule has 1 atom stereocenters. The van der Waals surface area contributed by atoms with Crippen molar-refractivity contribution in [2.75, 3.05) is 0 Å². The standard InChI is InChI=1S/C54H36N2/c1-3-17-35(18-4-1)45-34-55-56-52(36-19-5-2-6-20-36)50(42-25-7-8-26-43(42)53(45)56)38-22-15-21-37(33-38)39-28-16-32-49-51(39)44-27-11-14-31-48(44)54(49)46-29-12-9-23-40(46)41-24-10-13-30-47(41)54/h1-32,34,38H,33H2. The van der Waals surface area contributed by atoms with E-state index in [1.165, 1.54) is 83.1 Å². The molecule has 0 bridgehead atoms. The molecule has 0 radical (unpaired) electrons. The summed E-state index contributed by atoms with van der Waals surface area (Å²) in [7, 11) is 0. The monoisotopic (exact) mass is 712 g/mol. The van der Waals surface area contributed by atoms with Gasteiger partial charge >= 0.3 is 0 Å². The third-order valence-corrected chi connectivity index (χ3v) is 12.7. The molecule has 56 heavy (non-hydrogen) atoms. The molecule has 12 rings (SSSR count). The molecule has 7 aromatic carbocycles. The molecule has 0 N–H and O–H groups in total. The molecule has 0 fully saturated rings. The molecule has 0 aliphatic heterocycles. The normalized spacial score (nSPS) is 15.8. The fourth-order valence-electron chi connectivity index (χ4n) is 10.5. The van der Waals surface area contributed by atoms with Gasteiger partial charge in [0.05, 0.1) is 22.8 Å². The minimum Gasteiger partial charge on any atom is -0.231 e. The zero-order valence-corrected chi connectivity index (χ0v) is 30.7. The van der Waals surface area contributed by atoms with Gasteiger partial charge in [-0.15, -0.1) is 0 Å². The topological polar surface area (TPSA) is 17.3 Å². The van der Waals surface area contributed by atoms with Gasteiger partial charge in [0, 0.05) is 22.4 Å². The van der Waals surface area contributed by atoms with Crippen LogP contribution in [0, 0.1) is 0 Å². The number of allylic oxidation sites excluding steroid dienone is 4. The lowest BCUT2D eigenvalue weighted by Crippen LogP contribution is -2.25. The van der Waals surface area contributed by atoms with Gasteiger partial charge in [0.2, 0.25) is 0 Å². The van der Waals surface area contributed by atoms with Crippen molar-refractivity contribution in [1.29, 1.82) is 0 Å². The van der Waals surface area contributed by atoms with E-state index >= 15 is 0 Å². The van der Waals surface area contributed by atoms with Crippen LogP contribution in [-0.2, 0) is 5.41 Å². The molecule has 2 heteroatoms. The Kier molecular flexibility index (Phi) is 6.71. The summed E-state index contributed by atoms with van der Waals surface area (Å²) in [6.07, 6.45) is 9.99. The third-order valence-electron chi connectivity index (χ3n) is 12.7. The van der Waals surface area contributed by atoms with Gasteiger partial charge in [-0.2, -0.15) is 5.10 Å². The van der Waals surface area contributed by atoms with Gasteiger partial charge in [0.25, 0.3) is 0 Å². The molecule has 3 aliphatic carbocycles. The number of nitrogens with zero attached hydrogens (tertiary/aromatic N) is 2. The van der Waals surface area contributed by atoms with E-state index in [0.29, 0.717) is 0 Å². The molecule has 9 aromatic rings. The van der Waals surface area contributed by atoms with E-state index in [-0.39, 0.29) is 11.3 Å². The molecule has 2 heterocycles. The van der Waals surface area contributed by atoms with Crippen LogP contribution < -0.4 is 0 Å². The number of aromatic nitrogens is 2. The van der Waals surface area contributed by atoms with Crippen molar-refractivity contribution in [2.24, 2.45) is 0 Å². The maximum Gasteiger partial charge on any atom is 0.0825 e. The summed E-state index contributed by atoms with van der Waals surface area (Å²) in [5.41, 5.74) is 20.3. The van der Waals surface area contributed by atoms with E-state index in [4.69, 9.17) is 5.10 Å². The van der Waals surface area contributed by atoms with Gasteiger partial charge in [-0.25, -0.2) is 4.52 Å². The first-order chi connectivity index (χ1) is 27.8. The Bertz CT molecular complexity index is 3060. The molecule has 2 aromatic heterocycles. The van der Waals surface area contributed by atoms with Crippen LogP contribution in [0.1, 0.15) is 45.7 Å². The van der Waals surface area contributed by atoms with Gasteiger partial charge in [-0.05, 0) is 78.6 Å². The fraction of sp³-hybridized carbons (Fsp3) is 0.0556. The number of pyridine rings is 1. The zero-order chi connectivity index (χ0) is 36.8. The van der Waals surface area contributed by atoms with Gasteiger partial charge in [0.1, 0.15) is 0 Å². The van der Waals surface area contributed by atoms with E-state index in [1.54, 1.807) is 0 Å². The minimum absolute atomic E-state index is 0.123. The van der Waals surface area contributed by atoms with Crippen molar-refractivity contribution < 1.29 is 0 Å². The Hall–Kier alpha value is -7.03. The smallest absolute Gasteiger partial charge is 0.0825 e. The van der Waals surface area contributed by atoms with Crippen LogP contribution in [0.25, 0.3) is 66.5 Å². The lowest BCUT2D eigenvalue weighted by atomic mass is 9.70. The first-order valence-corrected chi connectivity index (χ1v) is 19.7. The Morgan fingerprint density at radius 3 is 1.75 bits per heavy atom. The molecular formula is C54H36N2. The van der Waals surface area contributed by atoms with Crippen molar-refractivity contribution >= 4 is 21.9 Å². The first kappa shape index (κ1) is 31.3. The van der Waals surface area contributed by atoms with Crippen molar-refractivity contribution in [3.8, 4) is 44.6 Å². The van der Waals surface area contributed by atoms with E-state index in [0.717, 1.165) is 23.2 Å². The highest BCUT2D eigenvalue weighted by Crippen LogP contribution is 2.64. The molecule has 0 saturated heterocycles. The lowest BCUT2D eigenvalue weighted by molar-refractivity contribution is 0.793. The highest BCUT2D eigenvalue weighted by atomic mass is 15.2. The Balaban J connectivity index is 1.07. The lowest BCUT2D eigenvalue weighted by Gasteiger charge is -2.30. The second-order valence-electron chi connectivity index (χ2n) is 15.4. The van der Waals surface area contributed by atoms with E-state index in [9.17, 15) is 0 Å². The Labute approximate surface area is 326 Å². The van der Waals surface area contributed by atoms with Gasteiger partial charge in [-0.1, -0.05) is 194 Å². The van der Waals surface area contributed by atoms with Crippen molar-refractivity contribution in [1.82, 2.24) is 9.61 Å². The number of rotatable bonds is 4. The highest BCUT2D eigenvalue weighted by molar-refractivity contribution is 6.07. The number of fused-ring (bicyclic) bond motifs is 13. The molecule has 2 nitrogen and oxygen atoms in total. The first-order valence-electron chi connectivity index (χ1n) is 19.7. The molecule has 1 unspecified atom stereocenters. The van der Waals surface area contributed by atoms with Crippen LogP contribution in [-0.4, -0.2) is 9.61 Å². The van der Waals surface area contributed by atoms with Crippen LogP contribution in [0.4, 0.5) is 0 Å². The van der Waals surface area contributed by atoms with Crippen molar-refractivity contribution in [2.45, 2.75) is 17.8 Å². The van der Waals surface area contributed by atoms with E-state index < -0.39 is 0 Å². The summed E-state index contributed by atoms with van der Waals surface area (Å²) in [6, 6.07) is 64.8. The van der Waals surface area contributed by atoms with Crippen LogP contribution in [0.15, 0.2) is 200 Å².